The first-order chi connectivity index (χ1) is 13.1. The van der Waals surface area contributed by atoms with Crippen molar-refractivity contribution in [3.63, 3.8) is 0 Å². The fraction of sp³-hybridized carbons (Fsp3) is 0.455. The van der Waals surface area contributed by atoms with E-state index < -0.39 is 0 Å². The third kappa shape index (κ3) is 3.81. The van der Waals surface area contributed by atoms with Crippen molar-refractivity contribution >= 4 is 29.0 Å². The zero-order chi connectivity index (χ0) is 18.8. The first kappa shape index (κ1) is 18.3. The van der Waals surface area contributed by atoms with Gasteiger partial charge in [-0.25, -0.2) is 4.98 Å². The highest BCUT2D eigenvalue weighted by Gasteiger charge is 2.36. The molecular weight excluding hydrogens is 358 g/mol. The van der Waals surface area contributed by atoms with Crippen molar-refractivity contribution in [3.8, 4) is 0 Å². The van der Waals surface area contributed by atoms with Crippen molar-refractivity contribution in [2.75, 3.05) is 11.9 Å². The zero-order valence-corrected chi connectivity index (χ0v) is 16.5. The van der Waals surface area contributed by atoms with Gasteiger partial charge in [0.05, 0.1) is 5.56 Å². The number of rotatable bonds is 3. The Morgan fingerprint density at radius 1 is 1.19 bits per heavy atom. The summed E-state index contributed by atoms with van der Waals surface area (Å²) in [6.45, 7) is 2.87. The van der Waals surface area contributed by atoms with Gasteiger partial charge in [0.2, 0.25) is 0 Å². The van der Waals surface area contributed by atoms with Gasteiger partial charge < -0.3 is 10.2 Å². The van der Waals surface area contributed by atoms with Crippen LogP contribution in [0.15, 0.2) is 36.5 Å². The summed E-state index contributed by atoms with van der Waals surface area (Å²) >= 11 is 6.15. The van der Waals surface area contributed by atoms with Crippen LogP contribution in [0.1, 0.15) is 54.4 Å². The van der Waals surface area contributed by atoms with Gasteiger partial charge in [-0.2, -0.15) is 0 Å². The highest BCUT2D eigenvalue weighted by molar-refractivity contribution is 6.30. The summed E-state index contributed by atoms with van der Waals surface area (Å²) in [5.74, 6) is 1.37. The van der Waals surface area contributed by atoms with Crippen LogP contribution in [0.4, 0.5) is 11.5 Å². The number of pyridine rings is 1. The Bertz CT molecular complexity index is 836. The zero-order valence-electron chi connectivity index (χ0n) is 15.7. The molecule has 1 amide bonds. The van der Waals surface area contributed by atoms with Crippen LogP contribution in [0.25, 0.3) is 0 Å². The average molecular weight is 384 g/mol. The van der Waals surface area contributed by atoms with Gasteiger partial charge in [-0.1, -0.05) is 30.5 Å². The second-order valence-electron chi connectivity index (χ2n) is 7.74. The summed E-state index contributed by atoms with van der Waals surface area (Å²) in [6, 6.07) is 9.81. The molecule has 1 aromatic heterocycles. The van der Waals surface area contributed by atoms with Gasteiger partial charge in [0, 0.05) is 29.5 Å². The molecule has 1 saturated heterocycles. The van der Waals surface area contributed by atoms with Crippen LogP contribution in [0, 0.1) is 12.8 Å². The first-order valence-corrected chi connectivity index (χ1v) is 10.3. The standard InChI is InChI=1S/C22H26ClN3O/c1-15-10-11-17(23)14-19(15)25-21-18(8-4-12-24-21)22(27)26-13-5-7-16-6-2-3-9-20(16)26/h4,8,10-12,14,16,20H,2-3,5-7,9,13H2,1H3,(H,24,25). The number of nitrogens with zero attached hydrogens (tertiary/aromatic N) is 2. The van der Waals surface area contributed by atoms with E-state index in [0.717, 1.165) is 30.6 Å². The smallest absolute Gasteiger partial charge is 0.257 e. The molecule has 0 bridgehead atoms. The minimum absolute atomic E-state index is 0.0990. The molecule has 4 rings (SSSR count). The Morgan fingerprint density at radius 2 is 2.00 bits per heavy atom. The maximum Gasteiger partial charge on any atom is 0.257 e. The number of carbonyl (C=O) groups is 1. The molecule has 5 heteroatoms. The minimum atomic E-state index is 0.0990. The van der Waals surface area contributed by atoms with E-state index in [1.165, 1.54) is 25.7 Å². The Hall–Kier alpha value is -2.07. The third-order valence-electron chi connectivity index (χ3n) is 5.99. The average Bonchev–Trinajstić information content (AvgIpc) is 2.70. The summed E-state index contributed by atoms with van der Waals surface area (Å²) in [6.07, 6.45) is 9.00. The Kier molecular flexibility index (Phi) is 5.35. The lowest BCUT2D eigenvalue weighted by Gasteiger charge is -2.44. The molecule has 1 saturated carbocycles. The second-order valence-corrected chi connectivity index (χ2v) is 8.17. The maximum absolute atomic E-state index is 13.4. The molecule has 1 aliphatic carbocycles. The molecule has 2 aromatic rings. The van der Waals surface area contributed by atoms with Crippen LogP contribution in [-0.4, -0.2) is 28.4 Å². The minimum Gasteiger partial charge on any atom is -0.339 e. The van der Waals surface area contributed by atoms with Crippen molar-refractivity contribution in [2.24, 2.45) is 5.92 Å². The van der Waals surface area contributed by atoms with E-state index in [2.05, 4.69) is 15.2 Å². The van der Waals surface area contributed by atoms with Crippen LogP contribution in [0.3, 0.4) is 0 Å². The number of halogens is 1. The highest BCUT2D eigenvalue weighted by atomic mass is 35.5. The van der Waals surface area contributed by atoms with Crippen molar-refractivity contribution in [2.45, 2.75) is 51.5 Å². The molecule has 4 nitrogen and oxygen atoms in total. The summed E-state index contributed by atoms with van der Waals surface area (Å²) < 4.78 is 0. The van der Waals surface area contributed by atoms with Crippen molar-refractivity contribution < 1.29 is 4.79 Å². The third-order valence-corrected chi connectivity index (χ3v) is 6.23. The van der Waals surface area contributed by atoms with Crippen LogP contribution in [0.5, 0.6) is 0 Å². The molecule has 2 aliphatic rings. The van der Waals surface area contributed by atoms with E-state index in [1.807, 2.05) is 37.3 Å². The number of aryl methyl sites for hydroxylation is 1. The molecule has 1 N–H and O–H groups in total. The lowest BCUT2D eigenvalue weighted by Crippen LogP contribution is -2.49. The maximum atomic E-state index is 13.4. The fourth-order valence-electron chi connectivity index (χ4n) is 4.57. The van der Waals surface area contributed by atoms with Gasteiger partial charge >= 0.3 is 0 Å². The fourth-order valence-corrected chi connectivity index (χ4v) is 4.74. The van der Waals surface area contributed by atoms with Crippen LogP contribution in [0.2, 0.25) is 5.02 Å². The monoisotopic (exact) mass is 383 g/mol. The molecule has 0 spiro atoms. The van der Waals surface area contributed by atoms with Gasteiger partial charge in [0.15, 0.2) is 0 Å². The number of aromatic nitrogens is 1. The topological polar surface area (TPSA) is 45.2 Å². The number of nitrogens with one attached hydrogen (secondary N) is 1. The van der Waals surface area contributed by atoms with Crippen molar-refractivity contribution in [1.82, 2.24) is 9.88 Å². The molecule has 27 heavy (non-hydrogen) atoms. The lowest BCUT2D eigenvalue weighted by atomic mass is 9.78. The molecule has 142 valence electrons. The molecule has 2 unspecified atom stereocenters. The second kappa shape index (κ2) is 7.89. The summed E-state index contributed by atoms with van der Waals surface area (Å²) in [7, 11) is 0. The first-order valence-electron chi connectivity index (χ1n) is 9.92. The molecule has 0 radical (unpaired) electrons. The number of carbonyl (C=O) groups excluding carboxylic acids is 1. The van der Waals surface area contributed by atoms with Crippen LogP contribution in [-0.2, 0) is 0 Å². The number of piperidine rings is 1. The SMILES string of the molecule is Cc1ccc(Cl)cc1Nc1ncccc1C(=O)N1CCCC2CCCCC21. The predicted molar refractivity (Wildman–Crippen MR) is 110 cm³/mol. The van der Waals surface area contributed by atoms with E-state index in [4.69, 9.17) is 11.6 Å². The molecular formula is C22H26ClN3O. The number of hydrogen-bond acceptors (Lipinski definition) is 3. The molecule has 2 atom stereocenters. The van der Waals surface area contributed by atoms with E-state index in [1.54, 1.807) is 6.20 Å². The lowest BCUT2D eigenvalue weighted by molar-refractivity contribution is 0.0391. The van der Waals surface area contributed by atoms with Crippen molar-refractivity contribution in [3.05, 3.63) is 52.7 Å². The molecule has 1 aliphatic heterocycles. The van der Waals surface area contributed by atoms with Gasteiger partial charge in [0.1, 0.15) is 5.82 Å². The number of fused-ring (bicyclic) bond motifs is 1. The van der Waals surface area contributed by atoms with Gasteiger partial charge in [0.25, 0.3) is 5.91 Å². The van der Waals surface area contributed by atoms with Crippen LogP contribution < -0.4 is 5.32 Å². The highest BCUT2D eigenvalue weighted by Crippen LogP contribution is 2.36. The van der Waals surface area contributed by atoms with Gasteiger partial charge in [-0.3, -0.25) is 4.79 Å². The Balaban J connectivity index is 1.62. The van der Waals surface area contributed by atoms with E-state index in [9.17, 15) is 4.79 Å². The Morgan fingerprint density at radius 3 is 2.89 bits per heavy atom. The normalized spacial score (nSPS) is 22.2. The largest absolute Gasteiger partial charge is 0.339 e. The van der Waals surface area contributed by atoms with Gasteiger partial charge in [-0.15, -0.1) is 0 Å². The molecule has 1 aromatic carbocycles. The van der Waals surface area contributed by atoms with Crippen LogP contribution >= 0.6 is 11.6 Å². The summed E-state index contributed by atoms with van der Waals surface area (Å²) in [5.41, 5.74) is 2.58. The summed E-state index contributed by atoms with van der Waals surface area (Å²) in [5, 5.41) is 3.99. The molecule has 2 fully saturated rings. The quantitative estimate of drug-likeness (QED) is 0.752. The Labute approximate surface area is 165 Å². The number of hydrogen-bond donors (Lipinski definition) is 1. The van der Waals surface area contributed by atoms with Crippen molar-refractivity contribution in [1.29, 1.82) is 0 Å². The number of benzene rings is 1. The molecule has 2 heterocycles. The number of anilines is 2. The summed E-state index contributed by atoms with van der Waals surface area (Å²) in [4.78, 5) is 20.0. The van der Waals surface area contributed by atoms with E-state index >= 15 is 0 Å². The van der Waals surface area contributed by atoms with Gasteiger partial charge in [-0.05, 0) is 68.4 Å². The number of amides is 1. The van der Waals surface area contributed by atoms with E-state index in [-0.39, 0.29) is 5.91 Å². The van der Waals surface area contributed by atoms with E-state index in [0.29, 0.717) is 28.4 Å². The number of likely N-dealkylation sites (tertiary alicyclic amines) is 1. The predicted octanol–water partition coefficient (Wildman–Crippen LogP) is 5.58.